The monoisotopic (exact) mass is 275 g/mol. The topological polar surface area (TPSA) is 32.3 Å². The molecule has 1 aromatic carbocycles. The van der Waals surface area contributed by atoms with Crippen molar-refractivity contribution in [1.29, 1.82) is 0 Å². The minimum atomic E-state index is -0.694. The molecular weight excluding hydrogens is 257 g/mol. The molecule has 0 bridgehead atoms. The van der Waals surface area contributed by atoms with Gasteiger partial charge in [-0.25, -0.2) is 0 Å². The fraction of sp³-hybridized carbons (Fsp3) is 0.538. The van der Waals surface area contributed by atoms with Crippen LogP contribution in [-0.2, 0) is 0 Å². The van der Waals surface area contributed by atoms with E-state index < -0.39 is 5.60 Å². The molecule has 0 radical (unpaired) electrons. The summed E-state index contributed by atoms with van der Waals surface area (Å²) in [5.41, 5.74) is 1.02. The maximum absolute atomic E-state index is 10.2. The number of hydrogen-bond donors (Lipinski definition) is 2. The fourth-order valence-corrected chi connectivity index (χ4v) is 1.99. The summed E-state index contributed by atoms with van der Waals surface area (Å²) in [6.07, 6.45) is 1.40. The quantitative estimate of drug-likeness (QED) is 0.842. The van der Waals surface area contributed by atoms with Crippen LogP contribution in [0.1, 0.15) is 32.3 Å². The van der Waals surface area contributed by atoms with E-state index in [1.165, 1.54) is 0 Å². The Bertz CT molecular complexity index is 389. The van der Waals surface area contributed by atoms with E-state index in [0.29, 0.717) is 29.4 Å². The van der Waals surface area contributed by atoms with E-state index in [-0.39, 0.29) is 0 Å². The largest absolute Gasteiger partial charge is 0.388 e. The molecule has 0 spiro atoms. The zero-order valence-corrected chi connectivity index (χ0v) is 12.0. The third-order valence-corrected chi connectivity index (χ3v) is 3.89. The highest BCUT2D eigenvalue weighted by atomic mass is 35.5. The number of aliphatic hydroxyl groups is 1. The van der Waals surface area contributed by atoms with Crippen LogP contribution in [0.3, 0.4) is 0 Å². The Morgan fingerprint density at radius 2 is 1.76 bits per heavy atom. The second kappa shape index (κ2) is 5.94. The van der Waals surface area contributed by atoms with Crippen molar-refractivity contribution < 1.29 is 5.11 Å². The van der Waals surface area contributed by atoms with Crippen molar-refractivity contribution in [3.8, 4) is 0 Å². The second-order valence-corrected chi connectivity index (χ2v) is 5.18. The molecule has 0 aliphatic rings. The summed E-state index contributed by atoms with van der Waals surface area (Å²) >= 11 is 12.2. The van der Waals surface area contributed by atoms with Gasteiger partial charge < -0.3 is 10.4 Å². The van der Waals surface area contributed by atoms with Crippen molar-refractivity contribution >= 4 is 28.9 Å². The molecule has 0 aliphatic carbocycles. The Balaban J connectivity index is 2.79. The van der Waals surface area contributed by atoms with Crippen molar-refractivity contribution in [2.75, 3.05) is 11.9 Å². The first-order valence-electron chi connectivity index (χ1n) is 5.83. The van der Waals surface area contributed by atoms with Gasteiger partial charge in [-0.1, -0.05) is 37.0 Å². The van der Waals surface area contributed by atoms with Crippen LogP contribution < -0.4 is 5.32 Å². The summed E-state index contributed by atoms with van der Waals surface area (Å²) in [5, 5.41) is 14.6. The molecule has 96 valence electrons. The van der Waals surface area contributed by atoms with Gasteiger partial charge in [0.05, 0.1) is 16.3 Å². The van der Waals surface area contributed by atoms with E-state index in [0.717, 1.165) is 11.3 Å². The van der Waals surface area contributed by atoms with Gasteiger partial charge in [-0.15, -0.1) is 0 Å². The molecule has 0 unspecified atom stereocenters. The van der Waals surface area contributed by atoms with E-state index in [2.05, 4.69) is 5.32 Å². The van der Waals surface area contributed by atoms with Crippen molar-refractivity contribution in [3.63, 3.8) is 0 Å². The van der Waals surface area contributed by atoms with Crippen LogP contribution in [0.15, 0.2) is 12.1 Å². The molecule has 0 aliphatic heterocycles. The minimum Gasteiger partial charge on any atom is -0.388 e. The predicted octanol–water partition coefficient (Wildman–Crippen LogP) is 4.26. The first-order valence-corrected chi connectivity index (χ1v) is 6.59. The maximum atomic E-state index is 10.2. The molecule has 0 amide bonds. The molecule has 0 aromatic heterocycles. The summed E-state index contributed by atoms with van der Waals surface area (Å²) in [4.78, 5) is 0. The van der Waals surface area contributed by atoms with Crippen LogP contribution in [0.25, 0.3) is 0 Å². The molecule has 4 heteroatoms. The summed E-state index contributed by atoms with van der Waals surface area (Å²) < 4.78 is 0. The van der Waals surface area contributed by atoms with Gasteiger partial charge in [-0.3, -0.25) is 0 Å². The lowest BCUT2D eigenvalue weighted by molar-refractivity contribution is 0.0457. The molecule has 17 heavy (non-hydrogen) atoms. The lowest BCUT2D eigenvalue weighted by atomic mass is 9.97. The van der Waals surface area contributed by atoms with E-state index in [1.807, 2.05) is 26.8 Å². The van der Waals surface area contributed by atoms with E-state index >= 15 is 0 Å². The van der Waals surface area contributed by atoms with Crippen molar-refractivity contribution in [2.45, 2.75) is 39.2 Å². The van der Waals surface area contributed by atoms with Crippen molar-refractivity contribution in [2.24, 2.45) is 0 Å². The highest BCUT2D eigenvalue weighted by Crippen LogP contribution is 2.29. The van der Waals surface area contributed by atoms with Gasteiger partial charge in [-0.05, 0) is 37.5 Å². The normalized spacial score (nSPS) is 11.6. The average molecular weight is 276 g/mol. The third kappa shape index (κ3) is 3.77. The lowest BCUT2D eigenvalue weighted by Gasteiger charge is -2.26. The first kappa shape index (κ1) is 14.6. The maximum Gasteiger partial charge on any atom is 0.0814 e. The van der Waals surface area contributed by atoms with Crippen LogP contribution in [0, 0.1) is 6.92 Å². The van der Waals surface area contributed by atoms with Crippen LogP contribution in [-0.4, -0.2) is 17.3 Å². The summed E-state index contributed by atoms with van der Waals surface area (Å²) in [6, 6.07) is 3.62. The zero-order chi connectivity index (χ0) is 13.1. The van der Waals surface area contributed by atoms with Crippen LogP contribution >= 0.6 is 23.2 Å². The fourth-order valence-electron chi connectivity index (χ4n) is 1.54. The Hall–Kier alpha value is -0.440. The summed E-state index contributed by atoms with van der Waals surface area (Å²) in [5.74, 6) is 0. The lowest BCUT2D eigenvalue weighted by Crippen LogP contribution is -2.35. The molecule has 0 heterocycles. The number of rotatable bonds is 5. The van der Waals surface area contributed by atoms with Gasteiger partial charge >= 0.3 is 0 Å². The average Bonchev–Trinajstić information content (AvgIpc) is 2.32. The Labute approximate surface area is 113 Å². The van der Waals surface area contributed by atoms with Gasteiger partial charge in [0.2, 0.25) is 0 Å². The number of nitrogens with one attached hydrogen (secondary N) is 1. The molecule has 2 N–H and O–H groups in total. The SMILES string of the molecule is CCC(O)(CC)CNc1cc(Cl)c(C)cc1Cl. The van der Waals surface area contributed by atoms with Gasteiger partial charge in [0.15, 0.2) is 0 Å². The first-order chi connectivity index (χ1) is 7.91. The summed E-state index contributed by atoms with van der Waals surface area (Å²) in [7, 11) is 0. The predicted molar refractivity (Wildman–Crippen MR) is 75.2 cm³/mol. The Morgan fingerprint density at radius 1 is 1.18 bits per heavy atom. The molecule has 1 aromatic rings. The van der Waals surface area contributed by atoms with Gasteiger partial charge in [-0.2, -0.15) is 0 Å². The summed E-state index contributed by atoms with van der Waals surface area (Å²) in [6.45, 7) is 6.31. The van der Waals surface area contributed by atoms with E-state index in [4.69, 9.17) is 23.2 Å². The number of benzene rings is 1. The smallest absolute Gasteiger partial charge is 0.0814 e. The highest BCUT2D eigenvalue weighted by molar-refractivity contribution is 6.35. The van der Waals surface area contributed by atoms with Crippen molar-refractivity contribution in [3.05, 3.63) is 27.7 Å². The molecule has 0 atom stereocenters. The van der Waals surface area contributed by atoms with Crippen molar-refractivity contribution in [1.82, 2.24) is 0 Å². The molecule has 2 nitrogen and oxygen atoms in total. The minimum absolute atomic E-state index is 0.471. The Kier molecular flexibility index (Phi) is 5.11. The molecule has 0 saturated heterocycles. The second-order valence-electron chi connectivity index (χ2n) is 4.37. The van der Waals surface area contributed by atoms with Crippen LogP contribution in [0.5, 0.6) is 0 Å². The molecule has 0 saturated carbocycles. The zero-order valence-electron chi connectivity index (χ0n) is 10.5. The number of halogens is 2. The van der Waals surface area contributed by atoms with Crippen LogP contribution in [0.2, 0.25) is 10.0 Å². The van der Waals surface area contributed by atoms with Crippen LogP contribution in [0.4, 0.5) is 5.69 Å². The third-order valence-electron chi connectivity index (χ3n) is 3.17. The standard InChI is InChI=1S/C13H19Cl2NO/c1-4-13(17,5-2)8-16-12-7-10(14)9(3)6-11(12)15/h6-7,16-17H,4-5,8H2,1-3H3. The van der Waals surface area contributed by atoms with Gasteiger partial charge in [0.25, 0.3) is 0 Å². The number of hydrogen-bond acceptors (Lipinski definition) is 2. The Morgan fingerprint density at radius 3 is 2.29 bits per heavy atom. The number of aryl methyl sites for hydroxylation is 1. The van der Waals surface area contributed by atoms with E-state index in [1.54, 1.807) is 6.07 Å². The number of anilines is 1. The highest BCUT2D eigenvalue weighted by Gasteiger charge is 2.22. The molecule has 0 fully saturated rings. The van der Waals surface area contributed by atoms with E-state index in [9.17, 15) is 5.11 Å². The van der Waals surface area contributed by atoms with Gasteiger partial charge in [0.1, 0.15) is 0 Å². The molecular formula is C13H19Cl2NO. The molecule has 1 rings (SSSR count). The van der Waals surface area contributed by atoms with Gasteiger partial charge in [0, 0.05) is 11.6 Å².